The number of carboxylic acid groups (broad SMARTS) is 1. The van der Waals surface area contributed by atoms with Crippen LogP contribution in [0.4, 0.5) is 4.39 Å². The van der Waals surface area contributed by atoms with Gasteiger partial charge in [-0.2, -0.15) is 0 Å². The number of aromatic carboxylic acids is 1. The van der Waals surface area contributed by atoms with Gasteiger partial charge in [-0.15, -0.1) is 0 Å². The molecule has 2 N–H and O–H groups in total. The summed E-state index contributed by atoms with van der Waals surface area (Å²) >= 11 is 0. The Labute approximate surface area is 275 Å². The van der Waals surface area contributed by atoms with Crippen LogP contribution in [0.1, 0.15) is 108 Å². The number of fused-ring (bicyclic) bond motifs is 7. The SMILES string of the molecule is CC1(C)C(c2ccc(C(=O)O)c(F)c2)=CC[C@@]2(C)C1CC[C@@]1(C)C3CC[C@@]4(NCCN5CCS(=O)(=O)CC5)CCC[C@@H]4[C@H]3CCC12. The van der Waals surface area contributed by atoms with Crippen molar-refractivity contribution < 1.29 is 22.7 Å². The molecule has 0 spiro atoms. The van der Waals surface area contributed by atoms with Crippen molar-refractivity contribution in [2.24, 2.45) is 45.8 Å². The molecule has 254 valence electrons. The third-order valence-corrected chi connectivity index (χ3v) is 16.6. The lowest BCUT2D eigenvalue weighted by Gasteiger charge is -2.68. The summed E-state index contributed by atoms with van der Waals surface area (Å²) in [6.45, 7) is 13.2. The minimum Gasteiger partial charge on any atom is -0.478 e. The van der Waals surface area contributed by atoms with Crippen molar-refractivity contribution in [3.05, 3.63) is 41.2 Å². The van der Waals surface area contributed by atoms with E-state index in [9.17, 15) is 22.7 Å². The van der Waals surface area contributed by atoms with Crippen molar-refractivity contribution >= 4 is 21.4 Å². The lowest BCUT2D eigenvalue weighted by atomic mass is 9.37. The second-order valence-corrected chi connectivity index (χ2v) is 19.5. The van der Waals surface area contributed by atoms with Crippen LogP contribution in [-0.2, 0) is 9.84 Å². The lowest BCUT2D eigenvalue weighted by molar-refractivity contribution is -0.172. The van der Waals surface area contributed by atoms with Crippen LogP contribution in [0.5, 0.6) is 0 Å². The molecule has 0 bridgehead atoms. The molecule has 1 aliphatic heterocycles. The number of carboxylic acids is 1. The van der Waals surface area contributed by atoms with Gasteiger partial charge < -0.3 is 15.3 Å². The second kappa shape index (κ2) is 11.4. The molecule has 5 fully saturated rings. The predicted molar refractivity (Wildman–Crippen MR) is 181 cm³/mol. The van der Waals surface area contributed by atoms with Crippen molar-refractivity contribution in [2.75, 3.05) is 37.7 Å². The van der Waals surface area contributed by atoms with E-state index in [4.69, 9.17) is 0 Å². The lowest BCUT2D eigenvalue weighted by Crippen LogP contribution is -2.63. The Morgan fingerprint density at radius 3 is 2.43 bits per heavy atom. The molecular weight excluding hydrogens is 599 g/mol. The fourth-order valence-electron chi connectivity index (χ4n) is 12.9. The van der Waals surface area contributed by atoms with Gasteiger partial charge in [-0.1, -0.05) is 46.3 Å². The molecule has 5 aliphatic carbocycles. The number of hydrogen-bond donors (Lipinski definition) is 2. The number of halogens is 1. The molecule has 1 heterocycles. The summed E-state index contributed by atoms with van der Waals surface area (Å²) in [5.41, 5.74) is 2.39. The first-order chi connectivity index (χ1) is 21.7. The number of rotatable bonds is 6. The monoisotopic (exact) mass is 654 g/mol. The molecule has 0 aromatic heterocycles. The molecule has 6 nitrogen and oxygen atoms in total. The summed E-state index contributed by atoms with van der Waals surface area (Å²) in [4.78, 5) is 13.8. The number of benzene rings is 1. The average molecular weight is 655 g/mol. The van der Waals surface area contributed by atoms with Gasteiger partial charge in [0.25, 0.3) is 0 Å². The Hall–Kier alpha value is -1.77. The maximum Gasteiger partial charge on any atom is 0.338 e. The molecule has 6 aliphatic rings. The van der Waals surface area contributed by atoms with Crippen LogP contribution in [-0.4, -0.2) is 67.6 Å². The van der Waals surface area contributed by atoms with E-state index in [0.717, 1.165) is 42.8 Å². The van der Waals surface area contributed by atoms with Gasteiger partial charge in [-0.05, 0) is 127 Å². The molecular formula is C38H55FN2O4S. The van der Waals surface area contributed by atoms with Crippen LogP contribution in [0.3, 0.4) is 0 Å². The molecule has 0 radical (unpaired) electrons. The van der Waals surface area contributed by atoms with Crippen molar-refractivity contribution in [3.63, 3.8) is 0 Å². The van der Waals surface area contributed by atoms with E-state index in [1.54, 1.807) is 0 Å². The summed E-state index contributed by atoms with van der Waals surface area (Å²) in [5.74, 6) is 2.19. The number of nitrogens with zero attached hydrogens (tertiary/aromatic N) is 1. The zero-order valence-corrected chi connectivity index (χ0v) is 29.2. The van der Waals surface area contributed by atoms with Gasteiger partial charge >= 0.3 is 5.97 Å². The van der Waals surface area contributed by atoms with Gasteiger partial charge in [0.15, 0.2) is 9.84 Å². The van der Waals surface area contributed by atoms with Gasteiger partial charge in [-0.25, -0.2) is 17.6 Å². The smallest absolute Gasteiger partial charge is 0.338 e. The van der Waals surface area contributed by atoms with Crippen molar-refractivity contribution in [3.8, 4) is 0 Å². The average Bonchev–Trinajstić information content (AvgIpc) is 3.42. The Bertz CT molecular complexity index is 1510. The van der Waals surface area contributed by atoms with Crippen LogP contribution < -0.4 is 5.32 Å². The first-order valence-electron chi connectivity index (χ1n) is 18.1. The van der Waals surface area contributed by atoms with E-state index >= 15 is 0 Å². The highest BCUT2D eigenvalue weighted by Crippen LogP contribution is 2.72. The van der Waals surface area contributed by atoms with Crippen molar-refractivity contribution in [2.45, 2.75) is 97.4 Å². The molecule has 1 aromatic carbocycles. The molecule has 8 atom stereocenters. The summed E-state index contributed by atoms with van der Waals surface area (Å²) in [6.07, 6.45) is 15.0. The topological polar surface area (TPSA) is 86.7 Å². The molecule has 46 heavy (non-hydrogen) atoms. The third-order valence-electron chi connectivity index (χ3n) is 14.9. The summed E-state index contributed by atoms with van der Waals surface area (Å²) < 4.78 is 38.6. The largest absolute Gasteiger partial charge is 0.478 e. The molecule has 7 rings (SSSR count). The van der Waals surface area contributed by atoms with Gasteiger partial charge in [0, 0.05) is 31.7 Å². The van der Waals surface area contributed by atoms with E-state index in [1.165, 1.54) is 75.5 Å². The summed E-state index contributed by atoms with van der Waals surface area (Å²) in [5, 5.41) is 13.5. The van der Waals surface area contributed by atoms with E-state index in [0.29, 0.717) is 41.8 Å². The molecule has 0 amide bonds. The van der Waals surface area contributed by atoms with Crippen LogP contribution in [0, 0.1) is 51.7 Å². The Balaban J connectivity index is 1.08. The normalized spacial score (nSPS) is 41.4. The highest BCUT2D eigenvalue weighted by molar-refractivity contribution is 7.91. The first kappa shape index (κ1) is 32.8. The maximum absolute atomic E-state index is 14.8. The molecule has 1 aromatic rings. The van der Waals surface area contributed by atoms with Crippen LogP contribution >= 0.6 is 0 Å². The quantitative estimate of drug-likeness (QED) is 0.342. The predicted octanol–water partition coefficient (Wildman–Crippen LogP) is 7.05. The standard InChI is InChI=1S/C38H55FN2O4S/c1-35(2)28(25-7-8-27(34(42)43)31(39)24-25)11-15-37(4)32(35)13-16-36(3)29-12-17-38(14-5-6-30(38)26(29)9-10-33(36)37)40-18-19-41-20-22-46(44,45)23-21-41/h7-8,11,24,26,29-30,32-33,40H,5-6,9-10,12-23H2,1-4H3,(H,42,43)/t26-,29?,30+,32?,33?,36-,37-,38-/m0/s1. The number of carbonyl (C=O) groups is 1. The second-order valence-electron chi connectivity index (χ2n) is 17.2. The number of allylic oxidation sites excluding steroid dienone is 2. The Kier molecular flexibility index (Phi) is 8.12. The van der Waals surface area contributed by atoms with Gasteiger partial charge in [0.05, 0.1) is 17.1 Å². The molecule has 1 saturated heterocycles. The van der Waals surface area contributed by atoms with Crippen LogP contribution in [0.2, 0.25) is 0 Å². The van der Waals surface area contributed by atoms with E-state index in [-0.39, 0.29) is 21.9 Å². The zero-order chi connectivity index (χ0) is 32.7. The van der Waals surface area contributed by atoms with Gasteiger partial charge in [0.2, 0.25) is 0 Å². The maximum atomic E-state index is 14.8. The fraction of sp³-hybridized carbons (Fsp3) is 0.763. The number of hydrogen-bond acceptors (Lipinski definition) is 5. The molecule has 8 heteroatoms. The van der Waals surface area contributed by atoms with Crippen molar-refractivity contribution in [1.82, 2.24) is 10.2 Å². The Morgan fingerprint density at radius 2 is 1.72 bits per heavy atom. The zero-order valence-electron chi connectivity index (χ0n) is 28.4. The van der Waals surface area contributed by atoms with Crippen molar-refractivity contribution in [1.29, 1.82) is 0 Å². The van der Waals surface area contributed by atoms with Gasteiger partial charge in [-0.3, -0.25) is 0 Å². The van der Waals surface area contributed by atoms with Gasteiger partial charge in [0.1, 0.15) is 5.82 Å². The van der Waals surface area contributed by atoms with Crippen LogP contribution in [0.15, 0.2) is 24.3 Å². The molecule has 4 saturated carbocycles. The first-order valence-corrected chi connectivity index (χ1v) is 19.9. The minimum atomic E-state index is -2.84. The fourth-order valence-corrected chi connectivity index (χ4v) is 14.2. The van der Waals surface area contributed by atoms with E-state index in [2.05, 4.69) is 44.0 Å². The highest BCUT2D eigenvalue weighted by Gasteiger charge is 2.65. The van der Waals surface area contributed by atoms with E-state index < -0.39 is 21.6 Å². The van der Waals surface area contributed by atoms with Crippen LogP contribution in [0.25, 0.3) is 5.57 Å². The summed E-state index contributed by atoms with van der Waals surface area (Å²) in [7, 11) is -2.84. The Morgan fingerprint density at radius 1 is 0.957 bits per heavy atom. The number of sulfone groups is 1. The number of nitrogens with one attached hydrogen (secondary N) is 1. The highest BCUT2D eigenvalue weighted by atomic mass is 32.2. The summed E-state index contributed by atoms with van der Waals surface area (Å²) in [6, 6.07) is 4.68. The third kappa shape index (κ3) is 5.14. The van der Waals surface area contributed by atoms with E-state index in [1.807, 2.05) is 6.07 Å². The minimum absolute atomic E-state index is 0.127. The molecule has 3 unspecified atom stereocenters.